The molecule has 78 valence electrons. The Bertz CT molecular complexity index is 479. The van der Waals surface area contributed by atoms with Crippen molar-refractivity contribution in [2.75, 3.05) is 0 Å². The normalized spacial score (nSPS) is 10.6. The van der Waals surface area contributed by atoms with E-state index in [0.717, 1.165) is 17.0 Å². The lowest BCUT2D eigenvalue weighted by atomic mass is 10.2. The van der Waals surface area contributed by atoms with Gasteiger partial charge in [-0.2, -0.15) is 0 Å². The third-order valence-corrected chi connectivity index (χ3v) is 3.80. The monoisotopic (exact) mass is 257 g/mol. The molecule has 0 saturated heterocycles. The molecule has 0 spiro atoms. The molecule has 0 N–H and O–H groups in total. The highest BCUT2D eigenvalue weighted by Gasteiger charge is 2.08. The van der Waals surface area contributed by atoms with Crippen LogP contribution in [0.2, 0.25) is 10.0 Å². The number of hydrogen-bond acceptors (Lipinski definition) is 2. The number of thiazole rings is 1. The summed E-state index contributed by atoms with van der Waals surface area (Å²) in [6, 6.07) is 5.43. The van der Waals surface area contributed by atoms with Crippen molar-refractivity contribution in [3.63, 3.8) is 0 Å². The molecular formula is C11H9Cl2NS. The minimum Gasteiger partial charge on any atom is -0.244 e. The molecule has 1 aromatic heterocycles. The van der Waals surface area contributed by atoms with Crippen LogP contribution in [0.3, 0.4) is 0 Å². The standard InChI is InChI=1S/C11H9Cl2NS/c1-2-8-6-14-11(15-8)9-5-7(12)3-4-10(9)13/h3-6H,2H2,1H3. The second-order valence-electron chi connectivity index (χ2n) is 3.11. The Labute approximate surface area is 103 Å². The number of benzene rings is 1. The van der Waals surface area contributed by atoms with Gasteiger partial charge in [0, 0.05) is 21.7 Å². The van der Waals surface area contributed by atoms with Crippen molar-refractivity contribution in [2.45, 2.75) is 13.3 Å². The molecule has 0 aliphatic rings. The van der Waals surface area contributed by atoms with E-state index in [0.29, 0.717) is 10.0 Å². The summed E-state index contributed by atoms with van der Waals surface area (Å²) < 4.78 is 0. The van der Waals surface area contributed by atoms with Gasteiger partial charge in [-0.25, -0.2) is 4.98 Å². The van der Waals surface area contributed by atoms with Crippen LogP contribution >= 0.6 is 34.5 Å². The fourth-order valence-corrected chi connectivity index (χ4v) is 2.57. The summed E-state index contributed by atoms with van der Waals surface area (Å²) in [6.07, 6.45) is 2.88. The predicted octanol–water partition coefficient (Wildman–Crippen LogP) is 4.68. The predicted molar refractivity (Wildman–Crippen MR) is 66.9 cm³/mol. The van der Waals surface area contributed by atoms with Crippen LogP contribution in [-0.2, 0) is 6.42 Å². The number of nitrogens with zero attached hydrogens (tertiary/aromatic N) is 1. The van der Waals surface area contributed by atoms with Crippen LogP contribution in [0.4, 0.5) is 0 Å². The quantitative estimate of drug-likeness (QED) is 0.762. The van der Waals surface area contributed by atoms with Gasteiger partial charge in [-0.3, -0.25) is 0 Å². The van der Waals surface area contributed by atoms with Crippen LogP contribution < -0.4 is 0 Å². The molecule has 0 atom stereocenters. The smallest absolute Gasteiger partial charge is 0.125 e. The van der Waals surface area contributed by atoms with Gasteiger partial charge in [0.15, 0.2) is 0 Å². The molecule has 0 bridgehead atoms. The number of aryl methyl sites for hydroxylation is 1. The molecule has 0 aliphatic heterocycles. The molecule has 0 unspecified atom stereocenters. The Morgan fingerprint density at radius 2 is 2.13 bits per heavy atom. The average molecular weight is 258 g/mol. The van der Waals surface area contributed by atoms with E-state index in [1.54, 1.807) is 23.5 Å². The fourth-order valence-electron chi connectivity index (χ4n) is 1.26. The van der Waals surface area contributed by atoms with Gasteiger partial charge in [0.1, 0.15) is 5.01 Å². The minimum absolute atomic E-state index is 0.683. The van der Waals surface area contributed by atoms with E-state index in [2.05, 4.69) is 11.9 Å². The molecular weight excluding hydrogens is 249 g/mol. The van der Waals surface area contributed by atoms with Crippen molar-refractivity contribution in [3.8, 4) is 10.6 Å². The van der Waals surface area contributed by atoms with Gasteiger partial charge in [-0.05, 0) is 24.6 Å². The molecule has 0 saturated carbocycles. The Morgan fingerprint density at radius 3 is 2.80 bits per heavy atom. The molecule has 1 nitrogen and oxygen atoms in total. The number of halogens is 2. The van der Waals surface area contributed by atoms with Crippen molar-refractivity contribution in [1.82, 2.24) is 4.98 Å². The first-order valence-corrected chi connectivity index (χ1v) is 6.18. The third-order valence-electron chi connectivity index (χ3n) is 2.06. The van der Waals surface area contributed by atoms with Crippen LogP contribution in [0, 0.1) is 0 Å². The van der Waals surface area contributed by atoms with Crippen LogP contribution in [0.25, 0.3) is 10.6 Å². The molecule has 2 rings (SSSR count). The molecule has 2 aromatic rings. The van der Waals surface area contributed by atoms with Gasteiger partial charge in [-0.1, -0.05) is 30.1 Å². The van der Waals surface area contributed by atoms with Crippen molar-refractivity contribution >= 4 is 34.5 Å². The Balaban J connectivity index is 2.48. The van der Waals surface area contributed by atoms with Gasteiger partial charge in [0.2, 0.25) is 0 Å². The summed E-state index contributed by atoms with van der Waals surface area (Å²) in [6.45, 7) is 2.11. The zero-order valence-electron chi connectivity index (χ0n) is 8.13. The maximum absolute atomic E-state index is 6.09. The minimum atomic E-state index is 0.683. The first kappa shape index (κ1) is 10.9. The van der Waals surface area contributed by atoms with Crippen LogP contribution in [-0.4, -0.2) is 4.98 Å². The van der Waals surface area contributed by atoms with E-state index in [1.807, 2.05) is 12.3 Å². The topological polar surface area (TPSA) is 12.9 Å². The lowest BCUT2D eigenvalue weighted by Crippen LogP contribution is -1.77. The van der Waals surface area contributed by atoms with Crippen molar-refractivity contribution < 1.29 is 0 Å². The second-order valence-corrected chi connectivity index (χ2v) is 5.07. The highest BCUT2D eigenvalue weighted by molar-refractivity contribution is 7.15. The number of rotatable bonds is 2. The zero-order valence-corrected chi connectivity index (χ0v) is 10.5. The summed E-state index contributed by atoms with van der Waals surface area (Å²) in [5.41, 5.74) is 0.911. The van der Waals surface area contributed by atoms with Gasteiger partial charge < -0.3 is 0 Å². The van der Waals surface area contributed by atoms with Crippen LogP contribution in [0.1, 0.15) is 11.8 Å². The van der Waals surface area contributed by atoms with E-state index < -0.39 is 0 Å². The van der Waals surface area contributed by atoms with Gasteiger partial charge in [0.05, 0.1) is 5.02 Å². The third kappa shape index (κ3) is 2.33. The summed E-state index contributed by atoms with van der Waals surface area (Å²) in [4.78, 5) is 5.59. The molecule has 0 amide bonds. The molecule has 0 aliphatic carbocycles. The van der Waals surface area contributed by atoms with E-state index in [9.17, 15) is 0 Å². The van der Waals surface area contributed by atoms with E-state index >= 15 is 0 Å². The van der Waals surface area contributed by atoms with E-state index in [1.165, 1.54) is 4.88 Å². The van der Waals surface area contributed by atoms with Crippen LogP contribution in [0.5, 0.6) is 0 Å². The van der Waals surface area contributed by atoms with Gasteiger partial charge in [-0.15, -0.1) is 11.3 Å². The summed E-state index contributed by atoms with van der Waals surface area (Å²) >= 11 is 13.7. The first-order valence-electron chi connectivity index (χ1n) is 4.61. The first-order chi connectivity index (χ1) is 7.20. The Hall–Kier alpha value is -0.570. The molecule has 0 fully saturated rings. The molecule has 0 radical (unpaired) electrons. The van der Waals surface area contributed by atoms with Crippen molar-refractivity contribution in [1.29, 1.82) is 0 Å². The lowest BCUT2D eigenvalue weighted by molar-refractivity contribution is 1.17. The molecule has 15 heavy (non-hydrogen) atoms. The van der Waals surface area contributed by atoms with E-state index in [4.69, 9.17) is 23.2 Å². The largest absolute Gasteiger partial charge is 0.244 e. The lowest BCUT2D eigenvalue weighted by Gasteiger charge is -2.00. The Morgan fingerprint density at radius 1 is 1.33 bits per heavy atom. The zero-order chi connectivity index (χ0) is 10.8. The number of hydrogen-bond donors (Lipinski definition) is 0. The maximum atomic E-state index is 6.09. The average Bonchev–Trinajstić information content (AvgIpc) is 2.70. The summed E-state index contributed by atoms with van der Waals surface area (Å²) in [5.74, 6) is 0. The summed E-state index contributed by atoms with van der Waals surface area (Å²) in [7, 11) is 0. The van der Waals surface area contributed by atoms with Gasteiger partial charge in [0.25, 0.3) is 0 Å². The highest BCUT2D eigenvalue weighted by atomic mass is 35.5. The SMILES string of the molecule is CCc1cnc(-c2cc(Cl)ccc2Cl)s1. The fraction of sp³-hybridized carbons (Fsp3) is 0.182. The maximum Gasteiger partial charge on any atom is 0.125 e. The second kappa shape index (κ2) is 4.52. The molecule has 1 heterocycles. The summed E-state index contributed by atoms with van der Waals surface area (Å²) in [5, 5.41) is 2.30. The van der Waals surface area contributed by atoms with Crippen LogP contribution in [0.15, 0.2) is 24.4 Å². The molecule has 1 aromatic carbocycles. The van der Waals surface area contributed by atoms with E-state index in [-0.39, 0.29) is 0 Å². The number of aromatic nitrogens is 1. The highest BCUT2D eigenvalue weighted by Crippen LogP contribution is 2.33. The Kier molecular flexibility index (Phi) is 3.29. The van der Waals surface area contributed by atoms with Crippen molar-refractivity contribution in [2.24, 2.45) is 0 Å². The molecule has 4 heteroatoms. The van der Waals surface area contributed by atoms with Gasteiger partial charge >= 0.3 is 0 Å². The van der Waals surface area contributed by atoms with Crippen molar-refractivity contribution in [3.05, 3.63) is 39.3 Å².